The van der Waals surface area contributed by atoms with E-state index in [2.05, 4.69) is 5.32 Å². The van der Waals surface area contributed by atoms with Gasteiger partial charge in [0.05, 0.1) is 0 Å². The highest BCUT2D eigenvalue weighted by atomic mass is 16.7. The zero-order valence-electron chi connectivity index (χ0n) is 12.9. The Balaban J connectivity index is 1.85. The van der Waals surface area contributed by atoms with Gasteiger partial charge in [-0.1, -0.05) is 0 Å². The molecule has 1 aliphatic rings. The third-order valence-electron chi connectivity index (χ3n) is 3.57. The van der Waals surface area contributed by atoms with Crippen molar-refractivity contribution in [3.63, 3.8) is 0 Å². The van der Waals surface area contributed by atoms with Gasteiger partial charge in [-0.3, -0.25) is 4.79 Å². The second-order valence-electron chi connectivity index (χ2n) is 5.17. The molecule has 0 saturated heterocycles. The van der Waals surface area contributed by atoms with E-state index in [1.807, 2.05) is 0 Å². The molecule has 0 spiro atoms. The van der Waals surface area contributed by atoms with Crippen molar-refractivity contribution in [3.05, 3.63) is 49.7 Å². The lowest BCUT2D eigenvalue weighted by Crippen LogP contribution is -2.53. The summed E-state index contributed by atoms with van der Waals surface area (Å²) < 4.78 is 12.6. The van der Waals surface area contributed by atoms with Crippen LogP contribution in [0.25, 0.3) is 0 Å². The SMILES string of the molecule is Cn1c(=O)n(C)c(=O)n(CC(=O)Nc2ccc3c(c2)OCO3)c1=O. The second-order valence-corrected chi connectivity index (χ2v) is 5.17. The summed E-state index contributed by atoms with van der Waals surface area (Å²) in [4.78, 5) is 47.7. The Morgan fingerprint density at radius 3 is 2.33 bits per heavy atom. The average molecular weight is 334 g/mol. The van der Waals surface area contributed by atoms with Crippen LogP contribution in [0.15, 0.2) is 32.6 Å². The van der Waals surface area contributed by atoms with Gasteiger partial charge in [0, 0.05) is 25.8 Å². The first kappa shape index (κ1) is 15.6. The van der Waals surface area contributed by atoms with Gasteiger partial charge in [0.1, 0.15) is 6.54 Å². The monoisotopic (exact) mass is 334 g/mol. The number of fused-ring (bicyclic) bond motifs is 1. The maximum absolute atomic E-state index is 12.1. The number of nitrogens with one attached hydrogen (secondary N) is 1. The summed E-state index contributed by atoms with van der Waals surface area (Å²) in [6.07, 6.45) is 0. The number of carbonyl (C=O) groups excluding carboxylic acids is 1. The minimum atomic E-state index is -0.857. The molecule has 2 aromatic rings. The molecule has 24 heavy (non-hydrogen) atoms. The minimum Gasteiger partial charge on any atom is -0.454 e. The van der Waals surface area contributed by atoms with Crippen molar-refractivity contribution < 1.29 is 14.3 Å². The number of benzene rings is 1. The second kappa shape index (κ2) is 5.72. The highest BCUT2D eigenvalue weighted by Crippen LogP contribution is 2.34. The normalized spacial score (nSPS) is 12.2. The van der Waals surface area contributed by atoms with Gasteiger partial charge in [-0.2, -0.15) is 0 Å². The Kier molecular flexibility index (Phi) is 3.72. The van der Waals surface area contributed by atoms with E-state index in [-0.39, 0.29) is 6.79 Å². The molecule has 0 fully saturated rings. The molecule has 0 aliphatic carbocycles. The summed E-state index contributed by atoms with van der Waals surface area (Å²) >= 11 is 0. The predicted octanol–water partition coefficient (Wildman–Crippen LogP) is -1.39. The van der Waals surface area contributed by atoms with E-state index in [4.69, 9.17) is 9.47 Å². The summed E-state index contributed by atoms with van der Waals surface area (Å²) in [7, 11) is 2.46. The quantitative estimate of drug-likeness (QED) is 0.739. The molecule has 0 unspecified atom stereocenters. The average Bonchev–Trinajstić information content (AvgIpc) is 3.03. The van der Waals surface area contributed by atoms with E-state index >= 15 is 0 Å². The molecule has 10 nitrogen and oxygen atoms in total. The highest BCUT2D eigenvalue weighted by Gasteiger charge is 2.16. The lowest BCUT2D eigenvalue weighted by Gasteiger charge is -2.09. The standard InChI is InChI=1S/C14H14N4O6/c1-16-12(20)17(2)14(22)18(13(16)21)6-11(19)15-8-3-4-9-10(5-8)24-7-23-9/h3-5H,6-7H2,1-2H3,(H,15,19). The fraction of sp³-hybridized carbons (Fsp3) is 0.286. The third-order valence-corrected chi connectivity index (χ3v) is 3.57. The van der Waals surface area contributed by atoms with Crippen LogP contribution in [0, 0.1) is 0 Å². The topological polar surface area (TPSA) is 114 Å². The molecule has 10 heteroatoms. The van der Waals surface area contributed by atoms with Crippen LogP contribution in [-0.4, -0.2) is 26.4 Å². The molecular formula is C14H14N4O6. The molecule has 0 bridgehead atoms. The van der Waals surface area contributed by atoms with Crippen LogP contribution in [0.1, 0.15) is 0 Å². The molecule has 1 aromatic heterocycles. The van der Waals surface area contributed by atoms with Gasteiger partial charge in [0.25, 0.3) is 0 Å². The van der Waals surface area contributed by atoms with Gasteiger partial charge in [-0.05, 0) is 12.1 Å². The Morgan fingerprint density at radius 2 is 1.67 bits per heavy atom. The first-order valence-corrected chi connectivity index (χ1v) is 6.95. The number of aromatic nitrogens is 3. The fourth-order valence-electron chi connectivity index (χ4n) is 2.29. The summed E-state index contributed by atoms with van der Waals surface area (Å²) in [6.45, 7) is -0.412. The van der Waals surface area contributed by atoms with Crippen molar-refractivity contribution in [2.24, 2.45) is 14.1 Å². The molecule has 2 heterocycles. The first-order chi connectivity index (χ1) is 11.4. The Morgan fingerprint density at radius 1 is 1.04 bits per heavy atom. The fourth-order valence-corrected chi connectivity index (χ4v) is 2.29. The number of hydrogen-bond donors (Lipinski definition) is 1. The molecule has 0 radical (unpaired) electrons. The van der Waals surface area contributed by atoms with Crippen LogP contribution in [0.3, 0.4) is 0 Å². The molecule has 0 saturated carbocycles. The molecule has 1 aliphatic heterocycles. The molecule has 3 rings (SSSR count). The van der Waals surface area contributed by atoms with E-state index in [9.17, 15) is 19.2 Å². The van der Waals surface area contributed by atoms with Gasteiger partial charge in [0.15, 0.2) is 11.5 Å². The van der Waals surface area contributed by atoms with Crippen molar-refractivity contribution in [2.75, 3.05) is 12.1 Å². The maximum Gasteiger partial charge on any atom is 0.336 e. The van der Waals surface area contributed by atoms with Crippen molar-refractivity contribution >= 4 is 11.6 Å². The highest BCUT2D eigenvalue weighted by molar-refractivity contribution is 5.90. The number of nitrogens with zero attached hydrogens (tertiary/aromatic N) is 3. The van der Waals surface area contributed by atoms with Crippen LogP contribution < -0.4 is 31.9 Å². The molecule has 1 aromatic carbocycles. The molecule has 126 valence electrons. The lowest BCUT2D eigenvalue weighted by atomic mass is 10.3. The number of carbonyl (C=O) groups is 1. The van der Waals surface area contributed by atoms with Gasteiger partial charge in [-0.15, -0.1) is 0 Å². The third kappa shape index (κ3) is 2.57. The maximum atomic E-state index is 12.1. The van der Waals surface area contributed by atoms with Gasteiger partial charge in [-0.25, -0.2) is 28.1 Å². The van der Waals surface area contributed by atoms with Crippen LogP contribution >= 0.6 is 0 Å². The zero-order chi connectivity index (χ0) is 17.4. The largest absolute Gasteiger partial charge is 0.454 e. The Hall–Kier alpha value is -3.30. The lowest BCUT2D eigenvalue weighted by molar-refractivity contribution is -0.116. The first-order valence-electron chi connectivity index (χ1n) is 6.95. The van der Waals surface area contributed by atoms with Crippen LogP contribution in [-0.2, 0) is 25.4 Å². The van der Waals surface area contributed by atoms with Crippen LogP contribution in [0.2, 0.25) is 0 Å². The van der Waals surface area contributed by atoms with Gasteiger partial charge < -0.3 is 14.8 Å². The van der Waals surface area contributed by atoms with Crippen molar-refractivity contribution in [2.45, 2.75) is 6.54 Å². The van der Waals surface area contributed by atoms with E-state index in [1.165, 1.54) is 14.1 Å². The molecule has 0 atom stereocenters. The van der Waals surface area contributed by atoms with E-state index in [0.717, 1.165) is 9.13 Å². The van der Waals surface area contributed by atoms with Gasteiger partial charge >= 0.3 is 17.1 Å². The van der Waals surface area contributed by atoms with Crippen molar-refractivity contribution in [1.82, 2.24) is 13.7 Å². The number of hydrogen-bond acceptors (Lipinski definition) is 6. The molecule has 1 N–H and O–H groups in total. The minimum absolute atomic E-state index is 0.107. The van der Waals surface area contributed by atoms with Crippen molar-refractivity contribution in [1.29, 1.82) is 0 Å². The van der Waals surface area contributed by atoms with Crippen molar-refractivity contribution in [3.8, 4) is 11.5 Å². The summed E-state index contributed by atoms with van der Waals surface area (Å²) in [5, 5.41) is 2.56. The van der Waals surface area contributed by atoms with Gasteiger partial charge in [0.2, 0.25) is 12.7 Å². The summed E-state index contributed by atoms with van der Waals surface area (Å²) in [5.41, 5.74) is -2.04. The molecular weight excluding hydrogens is 320 g/mol. The van der Waals surface area contributed by atoms with E-state index < -0.39 is 29.5 Å². The van der Waals surface area contributed by atoms with E-state index in [0.29, 0.717) is 21.8 Å². The van der Waals surface area contributed by atoms with Crippen LogP contribution in [0.5, 0.6) is 11.5 Å². The van der Waals surface area contributed by atoms with E-state index in [1.54, 1.807) is 18.2 Å². The smallest absolute Gasteiger partial charge is 0.336 e. The Bertz CT molecular complexity index is 960. The number of amides is 1. The Labute approximate surface area is 134 Å². The number of anilines is 1. The van der Waals surface area contributed by atoms with Crippen LogP contribution in [0.4, 0.5) is 5.69 Å². The number of rotatable bonds is 3. The summed E-state index contributed by atoms with van der Waals surface area (Å²) in [6, 6.07) is 4.81. The predicted molar refractivity (Wildman–Crippen MR) is 82.4 cm³/mol. The molecule has 1 amide bonds. The zero-order valence-corrected chi connectivity index (χ0v) is 12.9. The number of ether oxygens (including phenoxy) is 2. The summed E-state index contributed by atoms with van der Waals surface area (Å²) in [5.74, 6) is 0.464.